The van der Waals surface area contributed by atoms with E-state index in [1.807, 2.05) is 6.92 Å². The van der Waals surface area contributed by atoms with E-state index in [9.17, 15) is 9.59 Å². The number of urea groups is 1. The monoisotopic (exact) mass is 214 g/mol. The molecule has 1 atom stereocenters. The largest absolute Gasteiger partial charge is 0.443 e. The maximum atomic E-state index is 11.6. The predicted octanol–water partition coefficient (Wildman–Crippen LogP) is 1.73. The molecule has 5 heteroatoms. The lowest BCUT2D eigenvalue weighted by molar-refractivity contribution is 0.0293. The van der Waals surface area contributed by atoms with Gasteiger partial charge in [0.15, 0.2) is 0 Å². The van der Waals surface area contributed by atoms with Crippen molar-refractivity contribution in [3.05, 3.63) is 0 Å². The van der Waals surface area contributed by atoms with Crippen molar-refractivity contribution < 1.29 is 14.3 Å². The van der Waals surface area contributed by atoms with Crippen molar-refractivity contribution in [2.24, 2.45) is 0 Å². The SMILES string of the molecule is CC1CCN(C(=O)OC(C)(C)C)C(=O)N1. The van der Waals surface area contributed by atoms with Crippen LogP contribution in [0.1, 0.15) is 34.1 Å². The number of nitrogens with zero attached hydrogens (tertiary/aromatic N) is 1. The number of carbonyl (C=O) groups is 2. The molecule has 1 unspecified atom stereocenters. The van der Waals surface area contributed by atoms with Crippen molar-refractivity contribution in [3.8, 4) is 0 Å². The van der Waals surface area contributed by atoms with Crippen molar-refractivity contribution in [2.75, 3.05) is 6.54 Å². The molecule has 1 aliphatic rings. The number of amides is 3. The summed E-state index contributed by atoms with van der Waals surface area (Å²) in [6.45, 7) is 7.65. The van der Waals surface area contributed by atoms with Gasteiger partial charge in [0.2, 0.25) is 0 Å². The Balaban J connectivity index is 2.57. The van der Waals surface area contributed by atoms with Gasteiger partial charge in [0, 0.05) is 12.6 Å². The van der Waals surface area contributed by atoms with Crippen LogP contribution in [0, 0.1) is 0 Å². The van der Waals surface area contributed by atoms with Crippen LogP contribution in [0.5, 0.6) is 0 Å². The molecule has 1 fully saturated rings. The molecule has 1 N–H and O–H groups in total. The molecule has 0 bridgehead atoms. The Hall–Kier alpha value is -1.26. The smallest absolute Gasteiger partial charge is 0.418 e. The van der Waals surface area contributed by atoms with Crippen LogP contribution < -0.4 is 5.32 Å². The molecule has 0 aromatic heterocycles. The van der Waals surface area contributed by atoms with Crippen molar-refractivity contribution in [3.63, 3.8) is 0 Å². The Labute approximate surface area is 89.8 Å². The average molecular weight is 214 g/mol. The highest BCUT2D eigenvalue weighted by Crippen LogP contribution is 2.13. The second kappa shape index (κ2) is 4.08. The van der Waals surface area contributed by atoms with Crippen LogP contribution in [-0.2, 0) is 4.74 Å². The molecule has 0 aromatic carbocycles. The lowest BCUT2D eigenvalue weighted by Gasteiger charge is -2.31. The topological polar surface area (TPSA) is 58.6 Å². The minimum atomic E-state index is -0.577. The Morgan fingerprint density at radius 1 is 1.53 bits per heavy atom. The number of hydrogen-bond acceptors (Lipinski definition) is 3. The lowest BCUT2D eigenvalue weighted by atomic mass is 10.2. The van der Waals surface area contributed by atoms with E-state index in [0.29, 0.717) is 6.54 Å². The fourth-order valence-corrected chi connectivity index (χ4v) is 1.28. The van der Waals surface area contributed by atoms with E-state index in [0.717, 1.165) is 11.3 Å². The van der Waals surface area contributed by atoms with Crippen LogP contribution in [0.4, 0.5) is 9.59 Å². The molecule has 3 amide bonds. The van der Waals surface area contributed by atoms with Crippen LogP contribution in [0.25, 0.3) is 0 Å². The number of rotatable bonds is 0. The van der Waals surface area contributed by atoms with Crippen molar-refractivity contribution >= 4 is 12.1 Å². The number of nitrogens with one attached hydrogen (secondary N) is 1. The third-order valence-electron chi connectivity index (χ3n) is 2.01. The molecule has 1 rings (SSSR count). The van der Waals surface area contributed by atoms with Crippen LogP contribution >= 0.6 is 0 Å². The van der Waals surface area contributed by atoms with Gasteiger partial charge in [0.05, 0.1) is 0 Å². The third-order valence-corrected chi connectivity index (χ3v) is 2.01. The molecule has 5 nitrogen and oxygen atoms in total. The maximum absolute atomic E-state index is 11.6. The first-order chi connectivity index (χ1) is 6.79. The standard InChI is InChI=1S/C10H18N2O3/c1-7-5-6-12(8(13)11-7)9(14)15-10(2,3)4/h7H,5-6H2,1-4H3,(H,11,13). The molecule has 0 aromatic rings. The molecule has 1 saturated heterocycles. The molecule has 0 aliphatic carbocycles. The van der Waals surface area contributed by atoms with Crippen LogP contribution in [-0.4, -0.2) is 35.2 Å². The molecule has 0 saturated carbocycles. The predicted molar refractivity (Wildman–Crippen MR) is 55.6 cm³/mol. The Bertz CT molecular complexity index is 270. The third kappa shape index (κ3) is 3.42. The number of hydrogen-bond donors (Lipinski definition) is 1. The Morgan fingerprint density at radius 3 is 2.60 bits per heavy atom. The molecule has 15 heavy (non-hydrogen) atoms. The van der Waals surface area contributed by atoms with E-state index in [-0.39, 0.29) is 12.1 Å². The van der Waals surface area contributed by atoms with E-state index in [1.54, 1.807) is 20.8 Å². The van der Waals surface area contributed by atoms with Gasteiger partial charge in [-0.2, -0.15) is 0 Å². The zero-order valence-electron chi connectivity index (χ0n) is 9.66. The molecular weight excluding hydrogens is 196 g/mol. The fraction of sp³-hybridized carbons (Fsp3) is 0.800. The molecule has 0 spiro atoms. The second-order valence-corrected chi connectivity index (χ2v) is 4.77. The molecule has 86 valence electrons. The summed E-state index contributed by atoms with van der Waals surface area (Å²) in [5, 5.41) is 2.68. The normalized spacial score (nSPS) is 22.3. The summed E-state index contributed by atoms with van der Waals surface area (Å²) in [6.07, 6.45) is 0.178. The quantitative estimate of drug-likeness (QED) is 0.668. The summed E-state index contributed by atoms with van der Waals surface area (Å²) < 4.78 is 5.11. The highest BCUT2D eigenvalue weighted by atomic mass is 16.6. The van der Waals surface area contributed by atoms with Gasteiger partial charge in [-0.05, 0) is 34.1 Å². The van der Waals surface area contributed by atoms with Crippen molar-refractivity contribution in [1.82, 2.24) is 10.2 Å². The first-order valence-electron chi connectivity index (χ1n) is 5.10. The Kier molecular flexibility index (Phi) is 3.21. The average Bonchev–Trinajstić information content (AvgIpc) is 1.99. The van der Waals surface area contributed by atoms with Gasteiger partial charge in [-0.3, -0.25) is 0 Å². The van der Waals surface area contributed by atoms with E-state index < -0.39 is 11.7 Å². The fourth-order valence-electron chi connectivity index (χ4n) is 1.28. The van der Waals surface area contributed by atoms with Gasteiger partial charge in [0.1, 0.15) is 5.60 Å². The summed E-state index contributed by atoms with van der Waals surface area (Å²) in [7, 11) is 0. The van der Waals surface area contributed by atoms with E-state index >= 15 is 0 Å². The lowest BCUT2D eigenvalue weighted by Crippen LogP contribution is -2.53. The first kappa shape index (κ1) is 11.8. The van der Waals surface area contributed by atoms with Gasteiger partial charge in [-0.15, -0.1) is 0 Å². The maximum Gasteiger partial charge on any atom is 0.418 e. The Morgan fingerprint density at radius 2 is 2.13 bits per heavy atom. The molecular formula is C10H18N2O3. The summed E-state index contributed by atoms with van der Waals surface area (Å²) >= 11 is 0. The number of carbonyl (C=O) groups excluding carboxylic acids is 2. The molecule has 1 aliphatic heterocycles. The van der Waals surface area contributed by atoms with E-state index in [4.69, 9.17) is 4.74 Å². The molecule has 0 radical (unpaired) electrons. The van der Waals surface area contributed by atoms with Gasteiger partial charge >= 0.3 is 12.1 Å². The highest BCUT2D eigenvalue weighted by Gasteiger charge is 2.30. The zero-order valence-corrected chi connectivity index (χ0v) is 9.66. The highest BCUT2D eigenvalue weighted by molar-refractivity contribution is 5.91. The summed E-state index contributed by atoms with van der Waals surface area (Å²) in [4.78, 5) is 24.1. The second-order valence-electron chi connectivity index (χ2n) is 4.77. The van der Waals surface area contributed by atoms with Crippen molar-refractivity contribution in [1.29, 1.82) is 0 Å². The number of imide groups is 1. The minimum absolute atomic E-state index is 0.121. The van der Waals surface area contributed by atoms with Gasteiger partial charge < -0.3 is 10.1 Å². The van der Waals surface area contributed by atoms with Crippen LogP contribution in [0.3, 0.4) is 0 Å². The summed E-state index contributed by atoms with van der Waals surface area (Å²) in [5.41, 5.74) is -0.569. The van der Waals surface area contributed by atoms with Gasteiger partial charge in [0.25, 0.3) is 0 Å². The minimum Gasteiger partial charge on any atom is -0.443 e. The first-order valence-corrected chi connectivity index (χ1v) is 5.10. The summed E-state index contributed by atoms with van der Waals surface area (Å²) in [5.74, 6) is 0. The molecule has 1 heterocycles. The van der Waals surface area contributed by atoms with Crippen LogP contribution in [0.15, 0.2) is 0 Å². The van der Waals surface area contributed by atoms with Crippen molar-refractivity contribution in [2.45, 2.75) is 45.8 Å². The van der Waals surface area contributed by atoms with E-state index in [1.165, 1.54) is 0 Å². The van der Waals surface area contributed by atoms with Gasteiger partial charge in [-0.25, -0.2) is 14.5 Å². The van der Waals surface area contributed by atoms with Gasteiger partial charge in [-0.1, -0.05) is 0 Å². The van der Waals surface area contributed by atoms with E-state index in [2.05, 4.69) is 5.32 Å². The number of ether oxygens (including phenoxy) is 1. The summed E-state index contributed by atoms with van der Waals surface area (Å²) in [6, 6.07) is -0.251. The zero-order chi connectivity index (χ0) is 11.6. The van der Waals surface area contributed by atoms with Crippen LogP contribution in [0.2, 0.25) is 0 Å².